The van der Waals surface area contributed by atoms with Crippen LogP contribution in [0.15, 0.2) is 104 Å². The summed E-state index contributed by atoms with van der Waals surface area (Å²) in [5.74, 6) is 7.77. The molecule has 28 heteroatoms. The van der Waals surface area contributed by atoms with Gasteiger partial charge in [-0.25, -0.2) is 24.1 Å². The van der Waals surface area contributed by atoms with Crippen LogP contribution in [0.1, 0.15) is 96.4 Å². The van der Waals surface area contributed by atoms with Crippen LogP contribution in [-0.4, -0.2) is 272 Å². The second-order valence-corrected chi connectivity index (χ2v) is 33.3. The first kappa shape index (κ1) is 85.7. The molecular formula is C93H114FN21O6. The summed E-state index contributed by atoms with van der Waals surface area (Å²) in [5.41, 5.74) is 12.7. The molecule has 121 heavy (non-hydrogen) atoms. The number of amides is 3. The number of fused-ring (bicyclic) bond motifs is 4. The summed E-state index contributed by atoms with van der Waals surface area (Å²) in [6, 6.07) is 28.1. The predicted molar refractivity (Wildman–Crippen MR) is 471 cm³/mol. The lowest BCUT2D eigenvalue weighted by molar-refractivity contribution is -0.129. The average molecular weight is 1640 g/mol. The molecule has 4 aromatic carbocycles. The fourth-order valence-electron chi connectivity index (χ4n) is 18.8. The van der Waals surface area contributed by atoms with Crippen LogP contribution in [0.3, 0.4) is 0 Å². The number of nitrogens with zero attached hydrogens (tertiary/aromatic N) is 21. The molecule has 0 spiro atoms. The molecule has 634 valence electrons. The summed E-state index contributed by atoms with van der Waals surface area (Å²) >= 11 is 0. The van der Waals surface area contributed by atoms with Crippen LogP contribution in [0.5, 0.6) is 18.0 Å². The van der Waals surface area contributed by atoms with Gasteiger partial charge in [-0.05, 0) is 185 Å². The second-order valence-electron chi connectivity index (χ2n) is 33.3. The topological polar surface area (TPSA) is 208 Å². The van der Waals surface area contributed by atoms with Crippen molar-refractivity contribution in [3.05, 3.63) is 195 Å². The van der Waals surface area contributed by atoms with E-state index in [0.29, 0.717) is 159 Å². The molecule has 0 N–H and O–H groups in total. The Balaban J connectivity index is 0.000000149. The summed E-state index contributed by atoms with van der Waals surface area (Å²) in [6.45, 7) is 54.6. The zero-order valence-electron chi connectivity index (χ0n) is 71.5. The molecule has 7 aromatic rings. The molecule has 9 aliphatic rings. The standard InChI is InChI=1S/C33H39N7O2.C31H39N7O2.C29H36FN7O2/c1-5-31(41)40-18-17-39(20-25(40)19-34-3)32-27-14-16-38(29-12-8-10-24-9-6-7-11-26(24)29)21-28(27)35-33(36-32)42-22-30-23(2)13-15-37(30)4;1-6-9-29(39)38-17-16-37(19-25(38)18-32-4)30-26-13-15-36(28-12-7-10-22(2)23(28)3)20-27(26)33-31(34-30)40-21-24-11-8-14-35(24)5;1-5-27(38)37-15-14-36(17-22(37)16-31-3)28-23-11-13-35(26-10-6-9-24(30)20(26)2)18-25(23)32-29(33-28)39-19-21-8-7-12-34(21)4/h5-12,23,25,30H,1,13-22H2,2,4H3;7,10,12,24-25H,8,11,13-21H2,1-3,5H3;5-6,9-10,21-22H,1,7-8,11-19H2,2,4H3/t23-,25-,30+;24-,25-;21-,22-/m000/s1. The van der Waals surface area contributed by atoms with Crippen molar-refractivity contribution in [2.45, 2.75) is 142 Å². The zero-order valence-corrected chi connectivity index (χ0v) is 71.5. The first-order chi connectivity index (χ1) is 58.7. The van der Waals surface area contributed by atoms with E-state index in [4.69, 9.17) is 63.8 Å². The van der Waals surface area contributed by atoms with Gasteiger partial charge >= 0.3 is 18.0 Å². The zero-order chi connectivity index (χ0) is 85.0. The normalized spacial score (nSPS) is 21.7. The summed E-state index contributed by atoms with van der Waals surface area (Å²) in [4.78, 5) is 104. The van der Waals surface area contributed by atoms with Gasteiger partial charge in [0.1, 0.15) is 61.2 Å². The molecule has 7 atom stereocenters. The minimum Gasteiger partial charge on any atom is -0.462 e. The molecule has 16 rings (SSSR count). The van der Waals surface area contributed by atoms with E-state index in [1.54, 1.807) is 34.6 Å². The number of benzene rings is 4. The number of halogens is 1. The average Bonchev–Trinajstić information content (AvgIpc) is 0.872. The SMILES string of the molecule is [C-]#[N+]C[C@H]1CN(c2nc(OC[C@@H]3CCCN3C)nc3c2CCN(c2cccc(C)c2C)C3)CCN1C(=O)C#CC.[C-]#[N+]C[C@H]1CN(c2nc(OC[C@@H]3CCCN3C)nc3c2CCN(c2cccc(F)c2C)C3)CCN1C(=O)C=C.[C-]#[N+]C[C@H]1CN(c2nc(OC[C@@H]3[C@@H](C)CCN3C)nc3c2CCN(c2cccc4ccccc24)C3)CCN1C(=O)C=C. The number of hydrogen-bond acceptors (Lipinski definition) is 21. The van der Waals surface area contributed by atoms with Crippen molar-refractivity contribution in [2.75, 3.05) is 188 Å². The minimum atomic E-state index is -0.251. The number of aromatic nitrogens is 6. The molecule has 9 aliphatic heterocycles. The molecule has 0 unspecified atom stereocenters. The molecule has 3 amide bonds. The Morgan fingerprint density at radius 3 is 1.37 bits per heavy atom. The number of ether oxygens (including phenoxy) is 3. The van der Waals surface area contributed by atoms with E-state index in [1.165, 1.54) is 57.9 Å². The highest BCUT2D eigenvalue weighted by Gasteiger charge is 2.41. The second kappa shape index (κ2) is 39.2. The van der Waals surface area contributed by atoms with Crippen molar-refractivity contribution >= 4 is 63.0 Å². The first-order valence-corrected chi connectivity index (χ1v) is 42.8. The van der Waals surface area contributed by atoms with Crippen LogP contribution in [0, 0.1) is 64.1 Å². The van der Waals surface area contributed by atoms with Gasteiger partial charge in [-0.1, -0.05) is 80.6 Å². The number of hydrogen-bond donors (Lipinski definition) is 0. The molecule has 3 aromatic heterocycles. The van der Waals surface area contributed by atoms with E-state index in [1.807, 2.05) is 6.07 Å². The van der Waals surface area contributed by atoms with E-state index < -0.39 is 0 Å². The van der Waals surface area contributed by atoms with Gasteiger partial charge in [-0.3, -0.25) is 19.3 Å². The number of piperazine rings is 3. The largest absolute Gasteiger partial charge is 0.462 e. The van der Waals surface area contributed by atoms with Crippen molar-refractivity contribution in [1.29, 1.82) is 0 Å². The maximum Gasteiger partial charge on any atom is 0.318 e. The van der Waals surface area contributed by atoms with Gasteiger partial charge < -0.3 is 82.6 Å². The summed E-state index contributed by atoms with van der Waals surface area (Å²) in [6.07, 6.45) is 10.7. The Morgan fingerprint density at radius 2 is 0.917 bits per heavy atom. The van der Waals surface area contributed by atoms with E-state index >= 15 is 0 Å². The van der Waals surface area contributed by atoms with Gasteiger partial charge in [-0.2, -0.15) is 29.9 Å². The number of likely N-dealkylation sites (tertiary alicyclic amines) is 3. The van der Waals surface area contributed by atoms with Crippen molar-refractivity contribution in [3.63, 3.8) is 0 Å². The van der Waals surface area contributed by atoms with Crippen LogP contribution in [0.2, 0.25) is 0 Å². The quantitative estimate of drug-likeness (QED) is 0.0395. The van der Waals surface area contributed by atoms with E-state index in [9.17, 15) is 18.8 Å². The number of aryl methyl sites for hydroxylation is 1. The van der Waals surface area contributed by atoms with Crippen molar-refractivity contribution < 1.29 is 33.0 Å². The lowest BCUT2D eigenvalue weighted by Gasteiger charge is -2.41. The number of anilines is 6. The van der Waals surface area contributed by atoms with E-state index in [2.05, 4.69) is 186 Å². The molecule has 0 bridgehead atoms. The number of carbonyl (C=O) groups excluding carboxylic acids is 3. The van der Waals surface area contributed by atoms with Gasteiger partial charge in [-0.15, -0.1) is 0 Å². The minimum absolute atomic E-state index is 0.127. The van der Waals surface area contributed by atoms with Gasteiger partial charge in [0.15, 0.2) is 0 Å². The highest BCUT2D eigenvalue weighted by Crippen LogP contribution is 2.40. The van der Waals surface area contributed by atoms with Crippen LogP contribution < -0.4 is 43.6 Å². The maximum atomic E-state index is 14.4. The van der Waals surface area contributed by atoms with Crippen LogP contribution in [-0.2, 0) is 53.3 Å². The monoisotopic (exact) mass is 1640 g/mol. The third-order valence-electron chi connectivity index (χ3n) is 26.0. The predicted octanol–water partition coefficient (Wildman–Crippen LogP) is 10.2. The highest BCUT2D eigenvalue weighted by atomic mass is 19.1. The third kappa shape index (κ3) is 19.4. The molecule has 6 fully saturated rings. The van der Waals surface area contributed by atoms with Crippen molar-refractivity contribution in [2.24, 2.45) is 5.92 Å². The van der Waals surface area contributed by atoms with Gasteiger partial charge in [0.05, 0.1) is 36.7 Å². The molecule has 0 saturated carbocycles. The number of carbonyl (C=O) groups is 3. The van der Waals surface area contributed by atoms with Crippen LogP contribution in [0.25, 0.3) is 25.3 Å². The fourth-order valence-corrected chi connectivity index (χ4v) is 18.8. The number of rotatable bonds is 20. The lowest BCUT2D eigenvalue weighted by Crippen LogP contribution is -2.56. The van der Waals surface area contributed by atoms with Gasteiger partial charge in [0, 0.05) is 141 Å². The van der Waals surface area contributed by atoms with Crippen LogP contribution in [0.4, 0.5) is 38.9 Å². The summed E-state index contributed by atoms with van der Waals surface area (Å²) < 4.78 is 33.2. The Labute approximate surface area is 712 Å². The fraction of sp³-hybridized carbons (Fsp3) is 0.505. The van der Waals surface area contributed by atoms with Gasteiger partial charge in [0.25, 0.3) is 5.91 Å². The van der Waals surface area contributed by atoms with Crippen molar-refractivity contribution in [1.82, 2.24) is 59.3 Å². The third-order valence-corrected chi connectivity index (χ3v) is 26.0. The van der Waals surface area contributed by atoms with Crippen LogP contribution >= 0.6 is 0 Å². The van der Waals surface area contributed by atoms with E-state index in [0.717, 1.165) is 128 Å². The Morgan fingerprint density at radius 1 is 0.488 bits per heavy atom. The Hall–Kier alpha value is -11.7. The van der Waals surface area contributed by atoms with E-state index in [-0.39, 0.29) is 61.3 Å². The molecule has 27 nitrogen and oxygen atoms in total. The maximum absolute atomic E-state index is 14.4. The molecule has 0 radical (unpaired) electrons. The van der Waals surface area contributed by atoms with Gasteiger partial charge in [0.2, 0.25) is 31.4 Å². The molecular weight excluding hydrogens is 1530 g/mol. The Kier molecular flexibility index (Phi) is 27.8. The highest BCUT2D eigenvalue weighted by molar-refractivity contribution is 5.95. The summed E-state index contributed by atoms with van der Waals surface area (Å²) in [5, 5.41) is 2.46. The lowest BCUT2D eigenvalue weighted by atomic mass is 10.0. The summed E-state index contributed by atoms with van der Waals surface area (Å²) in [7, 11) is 6.41. The molecule has 6 saturated heterocycles. The van der Waals surface area contributed by atoms with Crippen molar-refractivity contribution in [3.8, 4) is 29.9 Å². The molecule has 12 heterocycles. The number of likely N-dealkylation sites (N-methyl/N-ethyl adjacent to an activating group) is 3. The Bertz CT molecular complexity index is 5140. The first-order valence-electron chi connectivity index (χ1n) is 42.8. The smallest absolute Gasteiger partial charge is 0.318 e. The molecule has 0 aliphatic carbocycles.